The zero-order chi connectivity index (χ0) is 45.4. The van der Waals surface area contributed by atoms with Crippen molar-refractivity contribution in [3.63, 3.8) is 0 Å². The molecule has 0 aliphatic rings. The second-order valence-corrected chi connectivity index (χ2v) is 17.5. The molecule has 10 aromatic carbocycles. The third kappa shape index (κ3) is 6.38. The van der Waals surface area contributed by atoms with Gasteiger partial charge in [-0.3, -0.25) is 0 Å². The molecule has 0 spiro atoms. The summed E-state index contributed by atoms with van der Waals surface area (Å²) in [6.07, 6.45) is 0. The molecule has 6 nitrogen and oxygen atoms in total. The van der Waals surface area contributed by atoms with Crippen molar-refractivity contribution in [2.75, 3.05) is 0 Å². The Bertz CT molecular complexity index is 4290. The maximum Gasteiger partial charge on any atom is 0.164 e. The molecule has 322 valence electrons. The summed E-state index contributed by atoms with van der Waals surface area (Å²) in [5.74, 6) is 1.76. The van der Waals surface area contributed by atoms with E-state index in [4.69, 9.17) is 23.8 Å². The van der Waals surface area contributed by atoms with Gasteiger partial charge in [0.25, 0.3) is 0 Å². The van der Waals surface area contributed by atoms with Gasteiger partial charge in [0.2, 0.25) is 0 Å². The van der Waals surface area contributed by atoms with E-state index >= 15 is 0 Å². The molecule has 0 atom stereocenters. The lowest BCUT2D eigenvalue weighted by Gasteiger charge is -2.16. The van der Waals surface area contributed by atoms with Crippen molar-refractivity contribution in [2.45, 2.75) is 0 Å². The van der Waals surface area contributed by atoms with Crippen LogP contribution in [0, 0.1) is 0 Å². The molecule has 14 aromatic rings. The van der Waals surface area contributed by atoms with Gasteiger partial charge in [0.1, 0.15) is 22.3 Å². The summed E-state index contributed by atoms with van der Waals surface area (Å²) >= 11 is 0. The maximum atomic E-state index is 6.68. The first-order chi connectivity index (χ1) is 34.2. The van der Waals surface area contributed by atoms with Gasteiger partial charge in [0.15, 0.2) is 17.5 Å². The SMILES string of the molecule is c1ccc(-c2ccc(-c3nc(-c4ccccc4)nc(-c4cccc5oc6ccc(-c7ccc8oc9ccccc9c8c7-n7c8ccccc8c8cc(-c9ccccc9)ccc87)cc6c45)n3)cc2)cc1. The second-order valence-electron chi connectivity index (χ2n) is 17.5. The summed E-state index contributed by atoms with van der Waals surface area (Å²) < 4.78 is 15.7. The highest BCUT2D eigenvalue weighted by Crippen LogP contribution is 2.46. The number of fused-ring (bicyclic) bond motifs is 9. The Morgan fingerprint density at radius 3 is 1.52 bits per heavy atom. The van der Waals surface area contributed by atoms with E-state index in [1.54, 1.807) is 0 Å². The Morgan fingerprint density at radius 2 is 0.768 bits per heavy atom. The number of aromatic nitrogens is 4. The van der Waals surface area contributed by atoms with Crippen molar-refractivity contribution in [1.29, 1.82) is 0 Å². The summed E-state index contributed by atoms with van der Waals surface area (Å²) in [6, 6.07) is 80.4. The highest BCUT2D eigenvalue weighted by Gasteiger charge is 2.24. The van der Waals surface area contributed by atoms with Crippen molar-refractivity contribution in [3.05, 3.63) is 231 Å². The Hall–Kier alpha value is -9.39. The number of hydrogen-bond donors (Lipinski definition) is 0. The van der Waals surface area contributed by atoms with Crippen molar-refractivity contribution < 1.29 is 8.83 Å². The van der Waals surface area contributed by atoms with Crippen LogP contribution in [0.3, 0.4) is 0 Å². The Morgan fingerprint density at radius 1 is 0.275 bits per heavy atom. The van der Waals surface area contributed by atoms with Gasteiger partial charge >= 0.3 is 0 Å². The number of benzene rings is 10. The first-order valence-electron chi connectivity index (χ1n) is 23.2. The lowest BCUT2D eigenvalue weighted by molar-refractivity contribution is 0.668. The molecule has 0 saturated carbocycles. The first kappa shape index (κ1) is 38.8. The summed E-state index contributed by atoms with van der Waals surface area (Å²) in [4.78, 5) is 15.5. The molecule has 0 unspecified atom stereocenters. The topological polar surface area (TPSA) is 69.9 Å². The van der Waals surface area contributed by atoms with Crippen molar-refractivity contribution in [1.82, 2.24) is 19.5 Å². The number of nitrogens with zero attached hydrogens (tertiary/aromatic N) is 4. The minimum absolute atomic E-state index is 0.567. The van der Waals surface area contributed by atoms with Gasteiger partial charge in [0, 0.05) is 49.2 Å². The molecule has 0 aliphatic heterocycles. The largest absolute Gasteiger partial charge is 0.456 e. The predicted octanol–water partition coefficient (Wildman–Crippen LogP) is 16.8. The molecule has 6 heteroatoms. The van der Waals surface area contributed by atoms with E-state index in [0.717, 1.165) is 99.5 Å². The Labute approximate surface area is 396 Å². The molecule has 0 bridgehead atoms. The van der Waals surface area contributed by atoms with Gasteiger partial charge in [-0.1, -0.05) is 176 Å². The Balaban J connectivity index is 0.991. The molecule has 0 amide bonds. The molecule has 4 heterocycles. The van der Waals surface area contributed by atoms with Crippen LogP contribution in [0.25, 0.3) is 139 Å². The maximum absolute atomic E-state index is 6.68. The van der Waals surface area contributed by atoms with Crippen LogP contribution in [0.5, 0.6) is 0 Å². The smallest absolute Gasteiger partial charge is 0.164 e. The van der Waals surface area contributed by atoms with Gasteiger partial charge in [-0.25, -0.2) is 15.0 Å². The van der Waals surface area contributed by atoms with Crippen molar-refractivity contribution in [2.24, 2.45) is 0 Å². The molecule has 0 radical (unpaired) electrons. The number of furan rings is 2. The van der Waals surface area contributed by atoms with Crippen LogP contribution in [-0.2, 0) is 0 Å². The summed E-state index contributed by atoms with van der Waals surface area (Å²) in [5, 5.41) is 6.38. The normalized spacial score (nSPS) is 11.8. The average Bonchev–Trinajstić information content (AvgIpc) is 4.10. The standard InChI is InChI=1S/C63H38N4O2/c1-4-15-39(16-5-1)41-27-29-43(30-28-41)62-64-61(42-19-8-3-9-20-42)65-63(66-62)49-23-14-26-56-58(49)51-38-45(32-35-55(51)69-56)46-33-36-57-59(48-22-11-13-25-54(48)68-57)60(46)67-52-24-12-10-21-47(52)50-37-44(31-34-53(50)67)40-17-6-2-7-18-40/h1-38H. The van der Waals surface area contributed by atoms with E-state index in [0.29, 0.717) is 17.5 Å². The first-order valence-corrected chi connectivity index (χ1v) is 23.2. The lowest BCUT2D eigenvalue weighted by atomic mass is 9.96. The minimum atomic E-state index is 0.567. The monoisotopic (exact) mass is 882 g/mol. The fourth-order valence-electron chi connectivity index (χ4n) is 10.3. The molecular weight excluding hydrogens is 845 g/mol. The average molecular weight is 883 g/mol. The minimum Gasteiger partial charge on any atom is -0.456 e. The van der Waals surface area contributed by atoms with E-state index < -0.39 is 0 Å². The fraction of sp³-hybridized carbons (Fsp3) is 0. The summed E-state index contributed by atoms with van der Waals surface area (Å²) in [7, 11) is 0. The summed E-state index contributed by atoms with van der Waals surface area (Å²) in [6.45, 7) is 0. The highest BCUT2D eigenvalue weighted by molar-refractivity contribution is 6.18. The highest BCUT2D eigenvalue weighted by atomic mass is 16.3. The molecule has 4 aromatic heterocycles. The van der Waals surface area contributed by atoms with Crippen molar-refractivity contribution in [3.8, 4) is 73.2 Å². The third-order valence-electron chi connectivity index (χ3n) is 13.5. The number of rotatable bonds is 7. The zero-order valence-corrected chi connectivity index (χ0v) is 37.0. The van der Waals surface area contributed by atoms with Crippen LogP contribution >= 0.6 is 0 Å². The van der Waals surface area contributed by atoms with Crippen LogP contribution in [0.4, 0.5) is 0 Å². The summed E-state index contributed by atoms with van der Waals surface area (Å²) in [5.41, 5.74) is 15.9. The van der Waals surface area contributed by atoms with Gasteiger partial charge < -0.3 is 13.4 Å². The predicted molar refractivity (Wildman–Crippen MR) is 281 cm³/mol. The molecule has 0 aliphatic carbocycles. The van der Waals surface area contributed by atoms with Gasteiger partial charge in [-0.2, -0.15) is 0 Å². The quantitative estimate of drug-likeness (QED) is 0.159. The van der Waals surface area contributed by atoms with E-state index in [1.165, 1.54) is 21.9 Å². The fourth-order valence-corrected chi connectivity index (χ4v) is 10.3. The second kappa shape index (κ2) is 15.6. The van der Waals surface area contributed by atoms with Crippen LogP contribution in [0.1, 0.15) is 0 Å². The number of hydrogen-bond acceptors (Lipinski definition) is 5. The van der Waals surface area contributed by atoms with Crippen molar-refractivity contribution >= 4 is 65.7 Å². The van der Waals surface area contributed by atoms with Crippen LogP contribution in [-0.4, -0.2) is 19.5 Å². The van der Waals surface area contributed by atoms with E-state index in [9.17, 15) is 0 Å². The Kier molecular flexibility index (Phi) is 8.79. The third-order valence-corrected chi connectivity index (χ3v) is 13.5. The van der Waals surface area contributed by atoms with E-state index in [1.807, 2.05) is 54.6 Å². The molecular formula is C63H38N4O2. The van der Waals surface area contributed by atoms with Gasteiger partial charge in [0.05, 0.1) is 22.1 Å². The molecule has 0 fully saturated rings. The lowest BCUT2D eigenvalue weighted by Crippen LogP contribution is -2.00. The van der Waals surface area contributed by atoms with Crippen LogP contribution in [0.15, 0.2) is 239 Å². The molecule has 69 heavy (non-hydrogen) atoms. The zero-order valence-electron chi connectivity index (χ0n) is 37.0. The number of para-hydroxylation sites is 2. The van der Waals surface area contributed by atoms with Gasteiger partial charge in [-0.15, -0.1) is 0 Å². The van der Waals surface area contributed by atoms with Crippen LogP contribution < -0.4 is 0 Å². The van der Waals surface area contributed by atoms with E-state index in [2.05, 4.69) is 180 Å². The van der Waals surface area contributed by atoms with Gasteiger partial charge in [-0.05, 0) is 82.4 Å². The molecule has 14 rings (SSSR count). The van der Waals surface area contributed by atoms with Crippen LogP contribution in [0.2, 0.25) is 0 Å². The molecule has 0 N–H and O–H groups in total. The van der Waals surface area contributed by atoms with E-state index in [-0.39, 0.29) is 0 Å². The molecule has 0 saturated heterocycles.